The Morgan fingerprint density at radius 2 is 1.75 bits per heavy atom. The van der Waals surface area contributed by atoms with Crippen molar-refractivity contribution in [2.24, 2.45) is 17.6 Å². The van der Waals surface area contributed by atoms with Gasteiger partial charge in [-0.15, -0.1) is 0 Å². The second kappa shape index (κ2) is 6.02. The lowest BCUT2D eigenvalue weighted by Crippen LogP contribution is -2.38. The molecule has 2 nitrogen and oxygen atoms in total. The van der Waals surface area contributed by atoms with E-state index in [0.717, 1.165) is 24.4 Å². The third-order valence-corrected chi connectivity index (χ3v) is 4.41. The summed E-state index contributed by atoms with van der Waals surface area (Å²) in [6.45, 7) is 5.85. The highest BCUT2D eigenvalue weighted by atomic mass is 15.2. The highest BCUT2D eigenvalue weighted by Gasteiger charge is 2.32. The molecule has 2 aliphatic rings. The Labute approximate surface area is 101 Å². The summed E-state index contributed by atoms with van der Waals surface area (Å²) in [4.78, 5) is 2.75. The van der Waals surface area contributed by atoms with E-state index >= 15 is 0 Å². The van der Waals surface area contributed by atoms with E-state index in [9.17, 15) is 0 Å². The maximum Gasteiger partial charge on any atom is 0.00965 e. The van der Waals surface area contributed by atoms with Gasteiger partial charge in [0.15, 0.2) is 0 Å². The van der Waals surface area contributed by atoms with E-state index in [1.54, 1.807) is 0 Å². The molecule has 2 N–H and O–H groups in total. The van der Waals surface area contributed by atoms with Crippen LogP contribution in [0.3, 0.4) is 0 Å². The molecule has 0 aliphatic heterocycles. The Kier molecular flexibility index (Phi) is 4.66. The summed E-state index contributed by atoms with van der Waals surface area (Å²) >= 11 is 0. The quantitative estimate of drug-likeness (QED) is 0.751. The first-order chi connectivity index (χ1) is 7.85. The van der Waals surface area contributed by atoms with Crippen LogP contribution < -0.4 is 5.73 Å². The van der Waals surface area contributed by atoms with Crippen molar-refractivity contribution in [1.82, 2.24) is 4.90 Å². The lowest BCUT2D eigenvalue weighted by molar-refractivity contribution is 0.148. The van der Waals surface area contributed by atoms with Gasteiger partial charge >= 0.3 is 0 Å². The first-order valence-electron chi connectivity index (χ1n) is 7.29. The van der Waals surface area contributed by atoms with Crippen LogP contribution in [0.5, 0.6) is 0 Å². The number of hydrogen-bond donors (Lipinski definition) is 1. The lowest BCUT2D eigenvalue weighted by Gasteiger charge is -2.35. The molecule has 2 atom stereocenters. The van der Waals surface area contributed by atoms with Crippen LogP contribution in [-0.4, -0.2) is 30.6 Å². The minimum absolute atomic E-state index is 0.812. The highest BCUT2D eigenvalue weighted by molar-refractivity contribution is 4.87. The van der Waals surface area contributed by atoms with Gasteiger partial charge in [-0.3, -0.25) is 0 Å². The molecular formula is C14H28N2. The molecule has 0 heterocycles. The van der Waals surface area contributed by atoms with Crippen molar-refractivity contribution in [1.29, 1.82) is 0 Å². The van der Waals surface area contributed by atoms with E-state index in [4.69, 9.17) is 5.73 Å². The summed E-state index contributed by atoms with van der Waals surface area (Å²) in [5.74, 6) is 1.71. The summed E-state index contributed by atoms with van der Waals surface area (Å²) in [6.07, 6.45) is 9.85. The van der Waals surface area contributed by atoms with Gasteiger partial charge in [0.05, 0.1) is 0 Å². The van der Waals surface area contributed by atoms with Gasteiger partial charge in [-0.05, 0) is 57.0 Å². The Bertz CT molecular complexity index is 201. The van der Waals surface area contributed by atoms with Crippen LogP contribution in [0, 0.1) is 11.8 Å². The van der Waals surface area contributed by atoms with Crippen LogP contribution in [-0.2, 0) is 0 Å². The monoisotopic (exact) mass is 224 g/mol. The molecule has 0 radical (unpaired) electrons. The topological polar surface area (TPSA) is 29.3 Å². The lowest BCUT2D eigenvalue weighted by atomic mass is 9.79. The largest absolute Gasteiger partial charge is 0.330 e. The molecule has 2 heteroatoms. The molecule has 2 fully saturated rings. The van der Waals surface area contributed by atoms with Crippen molar-refractivity contribution >= 4 is 0 Å². The van der Waals surface area contributed by atoms with Crippen molar-refractivity contribution in [2.45, 2.75) is 57.9 Å². The fourth-order valence-electron chi connectivity index (χ4n) is 3.29. The van der Waals surface area contributed by atoms with E-state index in [2.05, 4.69) is 11.8 Å². The van der Waals surface area contributed by atoms with Crippen LogP contribution in [0.2, 0.25) is 0 Å². The van der Waals surface area contributed by atoms with Gasteiger partial charge in [0.25, 0.3) is 0 Å². The summed E-state index contributed by atoms with van der Waals surface area (Å²) in [5.41, 5.74) is 5.92. The minimum Gasteiger partial charge on any atom is -0.330 e. The summed E-state index contributed by atoms with van der Waals surface area (Å²) < 4.78 is 0. The SMILES string of the molecule is CCCN(CC1CCCCC1CN)C1CC1. The van der Waals surface area contributed by atoms with E-state index in [-0.39, 0.29) is 0 Å². The second-order valence-corrected chi connectivity index (χ2v) is 5.77. The van der Waals surface area contributed by atoms with Crippen molar-refractivity contribution in [2.75, 3.05) is 19.6 Å². The minimum atomic E-state index is 0.812. The summed E-state index contributed by atoms with van der Waals surface area (Å²) in [6, 6.07) is 0.931. The fraction of sp³-hybridized carbons (Fsp3) is 1.00. The summed E-state index contributed by atoms with van der Waals surface area (Å²) in [5, 5.41) is 0. The molecule has 0 amide bonds. The molecular weight excluding hydrogens is 196 g/mol. The Hall–Kier alpha value is -0.0800. The van der Waals surface area contributed by atoms with Gasteiger partial charge in [-0.2, -0.15) is 0 Å². The molecule has 94 valence electrons. The van der Waals surface area contributed by atoms with Gasteiger partial charge in [0.2, 0.25) is 0 Å². The van der Waals surface area contributed by atoms with Crippen LogP contribution in [0.15, 0.2) is 0 Å². The molecule has 2 aliphatic carbocycles. The van der Waals surface area contributed by atoms with Gasteiger partial charge < -0.3 is 10.6 Å². The van der Waals surface area contributed by atoms with E-state index < -0.39 is 0 Å². The maximum absolute atomic E-state index is 5.92. The molecule has 0 bridgehead atoms. The number of hydrogen-bond acceptors (Lipinski definition) is 2. The predicted octanol–water partition coefficient (Wildman–Crippen LogP) is 2.63. The second-order valence-electron chi connectivity index (χ2n) is 5.77. The van der Waals surface area contributed by atoms with E-state index in [1.807, 2.05) is 0 Å². The molecule has 2 saturated carbocycles. The Morgan fingerprint density at radius 1 is 1.06 bits per heavy atom. The third-order valence-electron chi connectivity index (χ3n) is 4.41. The maximum atomic E-state index is 5.92. The predicted molar refractivity (Wildman–Crippen MR) is 69.4 cm³/mol. The standard InChI is InChI=1S/C14H28N2/c1-2-9-16(14-7-8-14)11-13-6-4-3-5-12(13)10-15/h12-14H,2-11,15H2,1H3. The number of nitrogens with two attached hydrogens (primary N) is 1. The van der Waals surface area contributed by atoms with Crippen molar-refractivity contribution in [3.05, 3.63) is 0 Å². The van der Waals surface area contributed by atoms with Crippen LogP contribution in [0.25, 0.3) is 0 Å². The molecule has 0 aromatic heterocycles. The van der Waals surface area contributed by atoms with Crippen LogP contribution in [0.4, 0.5) is 0 Å². The summed E-state index contributed by atoms with van der Waals surface area (Å²) in [7, 11) is 0. The molecule has 16 heavy (non-hydrogen) atoms. The average molecular weight is 224 g/mol. The van der Waals surface area contributed by atoms with Gasteiger partial charge in [-0.1, -0.05) is 19.8 Å². The zero-order valence-electron chi connectivity index (χ0n) is 10.8. The molecule has 2 rings (SSSR count). The molecule has 0 spiro atoms. The molecule has 0 aromatic carbocycles. The fourth-order valence-corrected chi connectivity index (χ4v) is 3.29. The van der Waals surface area contributed by atoms with Crippen molar-refractivity contribution < 1.29 is 0 Å². The average Bonchev–Trinajstić information content (AvgIpc) is 3.13. The number of rotatable bonds is 6. The molecule has 0 saturated heterocycles. The zero-order chi connectivity index (χ0) is 11.4. The normalized spacial score (nSPS) is 30.9. The van der Waals surface area contributed by atoms with E-state index in [1.165, 1.54) is 58.0 Å². The zero-order valence-corrected chi connectivity index (χ0v) is 10.8. The first-order valence-corrected chi connectivity index (χ1v) is 7.29. The molecule has 2 unspecified atom stereocenters. The van der Waals surface area contributed by atoms with Crippen molar-refractivity contribution in [3.63, 3.8) is 0 Å². The highest BCUT2D eigenvalue weighted by Crippen LogP contribution is 2.33. The Morgan fingerprint density at radius 3 is 2.31 bits per heavy atom. The van der Waals surface area contributed by atoms with Gasteiger partial charge in [0.1, 0.15) is 0 Å². The third kappa shape index (κ3) is 3.21. The number of nitrogens with zero attached hydrogens (tertiary/aromatic N) is 1. The van der Waals surface area contributed by atoms with Crippen LogP contribution >= 0.6 is 0 Å². The van der Waals surface area contributed by atoms with Crippen LogP contribution in [0.1, 0.15) is 51.9 Å². The smallest absolute Gasteiger partial charge is 0.00965 e. The van der Waals surface area contributed by atoms with Gasteiger partial charge in [-0.25, -0.2) is 0 Å². The molecule has 0 aromatic rings. The van der Waals surface area contributed by atoms with Gasteiger partial charge in [0, 0.05) is 12.6 Å². The first kappa shape index (κ1) is 12.4. The Balaban J connectivity index is 1.84. The van der Waals surface area contributed by atoms with Crippen molar-refractivity contribution in [3.8, 4) is 0 Å². The van der Waals surface area contributed by atoms with E-state index in [0.29, 0.717) is 0 Å².